The fourth-order valence-electron chi connectivity index (χ4n) is 2.24. The summed E-state index contributed by atoms with van der Waals surface area (Å²) in [6, 6.07) is 12.0. The predicted molar refractivity (Wildman–Crippen MR) is 84.3 cm³/mol. The third-order valence-corrected chi connectivity index (χ3v) is 3.41. The van der Waals surface area contributed by atoms with Gasteiger partial charge in [0.1, 0.15) is 11.5 Å². The van der Waals surface area contributed by atoms with Crippen LogP contribution in [0.4, 0.5) is 0 Å². The number of aryl methyl sites for hydroxylation is 1. The molecule has 2 aromatic carbocycles. The van der Waals surface area contributed by atoms with Crippen molar-refractivity contribution in [3.8, 4) is 11.5 Å². The van der Waals surface area contributed by atoms with Crippen molar-refractivity contribution in [1.82, 2.24) is 4.57 Å². The number of fused-ring (bicyclic) bond motifs is 1. The minimum Gasteiger partial charge on any atom is -0.497 e. The van der Waals surface area contributed by atoms with Crippen molar-refractivity contribution in [3.63, 3.8) is 0 Å². The van der Waals surface area contributed by atoms with Crippen LogP contribution in [-0.4, -0.2) is 24.2 Å². The molecule has 1 aromatic heterocycles. The molecule has 0 aliphatic rings. The highest BCUT2D eigenvalue weighted by Crippen LogP contribution is 2.18. The third kappa shape index (κ3) is 2.96. The second-order valence-corrected chi connectivity index (χ2v) is 5.03. The average molecular weight is 313 g/mol. The number of carbonyl (C=O) groups is 1. The summed E-state index contributed by atoms with van der Waals surface area (Å²) in [7, 11) is 1.57. The predicted octanol–water partition coefficient (Wildman–Crippen LogP) is 2.63. The topological polar surface area (TPSA) is 70.7 Å². The van der Waals surface area contributed by atoms with Crippen molar-refractivity contribution in [2.75, 3.05) is 13.7 Å². The van der Waals surface area contributed by atoms with Crippen LogP contribution in [0.25, 0.3) is 11.1 Å². The van der Waals surface area contributed by atoms with Gasteiger partial charge < -0.3 is 13.9 Å². The summed E-state index contributed by atoms with van der Waals surface area (Å²) in [4.78, 5) is 24.2. The highest BCUT2D eigenvalue weighted by Gasteiger charge is 2.16. The number of carbonyl (C=O) groups excluding carboxylic acids is 1. The van der Waals surface area contributed by atoms with Crippen LogP contribution in [-0.2, 0) is 0 Å². The Morgan fingerprint density at radius 2 is 1.83 bits per heavy atom. The van der Waals surface area contributed by atoms with Crippen LogP contribution < -0.4 is 15.2 Å². The number of hydrogen-bond acceptors (Lipinski definition) is 5. The molecule has 118 valence electrons. The Balaban J connectivity index is 1.80. The van der Waals surface area contributed by atoms with Gasteiger partial charge in [0.05, 0.1) is 12.6 Å². The zero-order valence-electron chi connectivity index (χ0n) is 12.7. The molecule has 0 saturated heterocycles. The van der Waals surface area contributed by atoms with Gasteiger partial charge in [0, 0.05) is 0 Å². The lowest BCUT2D eigenvalue weighted by Gasteiger charge is -2.06. The molecule has 0 aliphatic heterocycles. The molecule has 0 fully saturated rings. The van der Waals surface area contributed by atoms with Crippen molar-refractivity contribution in [3.05, 3.63) is 58.6 Å². The number of rotatable bonds is 4. The Bertz CT molecular complexity index is 905. The first-order valence-electron chi connectivity index (χ1n) is 7.01. The smallest absolute Gasteiger partial charge is 0.426 e. The van der Waals surface area contributed by atoms with Gasteiger partial charge in [0.25, 0.3) is 5.91 Å². The van der Waals surface area contributed by atoms with E-state index in [0.29, 0.717) is 22.6 Å². The number of benzene rings is 2. The van der Waals surface area contributed by atoms with Crippen molar-refractivity contribution in [2.24, 2.45) is 0 Å². The van der Waals surface area contributed by atoms with Gasteiger partial charge >= 0.3 is 5.76 Å². The molecule has 0 atom stereocenters. The van der Waals surface area contributed by atoms with E-state index in [1.807, 2.05) is 13.0 Å². The van der Waals surface area contributed by atoms with Crippen molar-refractivity contribution in [2.45, 2.75) is 6.92 Å². The Morgan fingerprint density at radius 1 is 1.13 bits per heavy atom. The minimum atomic E-state index is -0.714. The molecular formula is C17H15NO5. The highest BCUT2D eigenvalue weighted by molar-refractivity contribution is 5.90. The molecule has 0 unspecified atom stereocenters. The van der Waals surface area contributed by atoms with Crippen LogP contribution in [0, 0.1) is 6.92 Å². The fourth-order valence-corrected chi connectivity index (χ4v) is 2.24. The lowest BCUT2D eigenvalue weighted by Crippen LogP contribution is -2.27. The van der Waals surface area contributed by atoms with Crippen LogP contribution in [0.1, 0.15) is 10.4 Å². The van der Waals surface area contributed by atoms with E-state index < -0.39 is 11.7 Å². The van der Waals surface area contributed by atoms with Crippen molar-refractivity contribution >= 4 is 17.0 Å². The van der Waals surface area contributed by atoms with Crippen LogP contribution in [0.3, 0.4) is 0 Å². The van der Waals surface area contributed by atoms with Gasteiger partial charge in [-0.2, -0.15) is 0 Å². The monoisotopic (exact) mass is 313 g/mol. The number of ether oxygens (including phenoxy) is 2. The van der Waals surface area contributed by atoms with Gasteiger partial charge in [-0.15, -0.1) is 0 Å². The zero-order chi connectivity index (χ0) is 16.4. The zero-order valence-corrected chi connectivity index (χ0v) is 12.7. The molecule has 0 amide bonds. The maximum Gasteiger partial charge on any atom is 0.426 e. The first-order valence-corrected chi connectivity index (χ1v) is 7.01. The van der Waals surface area contributed by atoms with Crippen molar-refractivity contribution in [1.29, 1.82) is 0 Å². The Hall–Kier alpha value is -3.02. The summed E-state index contributed by atoms with van der Waals surface area (Å²) < 4.78 is 16.5. The van der Waals surface area contributed by atoms with E-state index in [-0.39, 0.29) is 6.61 Å². The fraction of sp³-hybridized carbons (Fsp3) is 0.176. The SMILES string of the molecule is COc1ccc(OCC(=O)n2c(=O)oc3cc(C)ccc32)cc1. The molecule has 23 heavy (non-hydrogen) atoms. The average Bonchev–Trinajstić information content (AvgIpc) is 2.88. The maximum atomic E-state index is 12.3. The summed E-state index contributed by atoms with van der Waals surface area (Å²) in [5.41, 5.74) is 1.76. The normalized spacial score (nSPS) is 10.7. The Morgan fingerprint density at radius 3 is 2.52 bits per heavy atom. The van der Waals surface area contributed by atoms with Gasteiger partial charge in [-0.3, -0.25) is 4.79 Å². The summed E-state index contributed by atoms with van der Waals surface area (Å²) >= 11 is 0. The van der Waals surface area contributed by atoms with E-state index in [1.54, 1.807) is 43.5 Å². The Kier molecular flexibility index (Phi) is 3.89. The van der Waals surface area contributed by atoms with Crippen LogP contribution in [0.2, 0.25) is 0 Å². The number of nitrogens with zero attached hydrogens (tertiary/aromatic N) is 1. The van der Waals surface area contributed by atoms with Gasteiger partial charge in [-0.25, -0.2) is 9.36 Å². The molecular weight excluding hydrogens is 298 g/mol. The molecule has 0 saturated carbocycles. The Labute approximate surface area is 131 Å². The first-order chi connectivity index (χ1) is 11.1. The molecule has 0 N–H and O–H groups in total. The molecule has 0 aliphatic carbocycles. The van der Waals surface area contributed by atoms with Gasteiger partial charge in [-0.05, 0) is 48.9 Å². The molecule has 6 heteroatoms. The van der Waals surface area contributed by atoms with E-state index >= 15 is 0 Å². The van der Waals surface area contributed by atoms with Gasteiger partial charge in [0.15, 0.2) is 12.2 Å². The second-order valence-electron chi connectivity index (χ2n) is 5.03. The number of methoxy groups -OCH3 is 1. The first kappa shape index (κ1) is 14.9. The number of oxazole rings is 1. The van der Waals surface area contributed by atoms with E-state index in [4.69, 9.17) is 13.9 Å². The molecule has 0 bridgehead atoms. The molecule has 3 rings (SSSR count). The molecule has 0 spiro atoms. The van der Waals surface area contributed by atoms with Crippen LogP contribution >= 0.6 is 0 Å². The number of hydrogen-bond donors (Lipinski definition) is 0. The summed E-state index contributed by atoms with van der Waals surface area (Å²) in [5, 5.41) is 0. The quantitative estimate of drug-likeness (QED) is 0.740. The summed E-state index contributed by atoms with van der Waals surface area (Å²) in [5.74, 6) is -0.00529. The molecule has 0 radical (unpaired) electrons. The largest absolute Gasteiger partial charge is 0.497 e. The van der Waals surface area contributed by atoms with E-state index in [2.05, 4.69) is 0 Å². The lowest BCUT2D eigenvalue weighted by atomic mass is 10.2. The maximum absolute atomic E-state index is 12.3. The highest BCUT2D eigenvalue weighted by atomic mass is 16.5. The lowest BCUT2D eigenvalue weighted by molar-refractivity contribution is 0.0834. The van der Waals surface area contributed by atoms with Gasteiger partial charge in [-0.1, -0.05) is 6.07 Å². The van der Waals surface area contributed by atoms with Crippen molar-refractivity contribution < 1.29 is 18.7 Å². The van der Waals surface area contributed by atoms with E-state index in [0.717, 1.165) is 10.1 Å². The number of aromatic nitrogens is 1. The molecule has 6 nitrogen and oxygen atoms in total. The standard InChI is InChI=1S/C17H15NO5/c1-11-3-8-14-15(9-11)23-17(20)18(14)16(19)10-22-13-6-4-12(21-2)5-7-13/h3-9H,10H2,1-2H3. The third-order valence-electron chi connectivity index (χ3n) is 3.41. The van der Waals surface area contributed by atoms with Crippen LogP contribution in [0.5, 0.6) is 11.5 Å². The minimum absolute atomic E-state index is 0.269. The van der Waals surface area contributed by atoms with Gasteiger partial charge in [0.2, 0.25) is 0 Å². The second kappa shape index (κ2) is 6.00. The van der Waals surface area contributed by atoms with E-state index in [9.17, 15) is 9.59 Å². The molecule has 1 heterocycles. The van der Waals surface area contributed by atoms with E-state index in [1.165, 1.54) is 0 Å². The van der Waals surface area contributed by atoms with Crippen LogP contribution in [0.15, 0.2) is 51.7 Å². The summed E-state index contributed by atoms with van der Waals surface area (Å²) in [6.07, 6.45) is 0. The summed E-state index contributed by atoms with van der Waals surface area (Å²) in [6.45, 7) is 1.61. The molecule has 3 aromatic rings.